The van der Waals surface area contributed by atoms with Crippen molar-refractivity contribution in [3.8, 4) is 0 Å². The summed E-state index contributed by atoms with van der Waals surface area (Å²) in [5, 5.41) is 12.4. The van der Waals surface area contributed by atoms with Crippen LogP contribution in [-0.4, -0.2) is 23.7 Å². The minimum absolute atomic E-state index is 0.163. The molecule has 0 aromatic carbocycles. The first-order chi connectivity index (χ1) is 7.59. The molecule has 0 spiro atoms. The summed E-state index contributed by atoms with van der Waals surface area (Å²) in [6.07, 6.45) is 5.45. The van der Waals surface area contributed by atoms with Gasteiger partial charge in [-0.2, -0.15) is 0 Å². The molecule has 1 unspecified atom stereocenters. The largest absolute Gasteiger partial charge is 0.480 e. The summed E-state index contributed by atoms with van der Waals surface area (Å²) in [6.45, 7) is 4.84. The molecule has 2 saturated carbocycles. The molecule has 0 aromatic heterocycles. The zero-order valence-electron chi connectivity index (χ0n) is 10.3. The van der Waals surface area contributed by atoms with Crippen molar-refractivity contribution in [2.24, 2.45) is 23.7 Å². The summed E-state index contributed by atoms with van der Waals surface area (Å²) in [5.41, 5.74) is 0. The molecular formula is C13H23NO2. The molecule has 0 radical (unpaired) electrons. The normalized spacial score (nSPS) is 22.8. The molecule has 3 heteroatoms. The van der Waals surface area contributed by atoms with Crippen LogP contribution in [0.25, 0.3) is 0 Å². The van der Waals surface area contributed by atoms with Gasteiger partial charge in [-0.1, -0.05) is 13.8 Å². The predicted octanol–water partition coefficient (Wildman–Crippen LogP) is 2.12. The van der Waals surface area contributed by atoms with E-state index in [0.717, 1.165) is 24.3 Å². The number of carbonyl (C=O) groups is 1. The highest BCUT2D eigenvalue weighted by atomic mass is 16.4. The highest BCUT2D eigenvalue weighted by Crippen LogP contribution is 2.48. The number of rotatable bonds is 7. The van der Waals surface area contributed by atoms with Crippen LogP contribution >= 0.6 is 0 Å². The Kier molecular flexibility index (Phi) is 3.53. The van der Waals surface area contributed by atoms with E-state index in [9.17, 15) is 4.79 Å². The first-order valence-electron chi connectivity index (χ1n) is 6.55. The van der Waals surface area contributed by atoms with E-state index in [0.29, 0.717) is 0 Å². The fraction of sp³-hybridized carbons (Fsp3) is 0.923. The lowest BCUT2D eigenvalue weighted by Gasteiger charge is -2.22. The third-order valence-electron chi connectivity index (χ3n) is 3.96. The van der Waals surface area contributed by atoms with Crippen molar-refractivity contribution >= 4 is 5.97 Å². The van der Waals surface area contributed by atoms with Gasteiger partial charge in [-0.3, -0.25) is 4.79 Å². The van der Waals surface area contributed by atoms with Crippen LogP contribution in [0.2, 0.25) is 0 Å². The maximum atomic E-state index is 11.1. The van der Waals surface area contributed by atoms with E-state index < -0.39 is 5.97 Å². The van der Waals surface area contributed by atoms with Crippen molar-refractivity contribution in [3.63, 3.8) is 0 Å². The second-order valence-corrected chi connectivity index (χ2v) is 5.81. The third kappa shape index (κ3) is 2.97. The smallest absolute Gasteiger partial charge is 0.320 e. The molecule has 2 N–H and O–H groups in total. The van der Waals surface area contributed by atoms with Gasteiger partial charge in [-0.05, 0) is 55.9 Å². The maximum absolute atomic E-state index is 11.1. The van der Waals surface area contributed by atoms with E-state index in [1.165, 1.54) is 25.7 Å². The number of carboxylic acid groups (broad SMARTS) is 1. The molecule has 0 heterocycles. The van der Waals surface area contributed by atoms with Crippen molar-refractivity contribution in [1.82, 2.24) is 5.32 Å². The van der Waals surface area contributed by atoms with Gasteiger partial charge < -0.3 is 10.4 Å². The zero-order valence-corrected chi connectivity index (χ0v) is 10.3. The van der Waals surface area contributed by atoms with Crippen molar-refractivity contribution in [1.29, 1.82) is 0 Å². The molecule has 16 heavy (non-hydrogen) atoms. The van der Waals surface area contributed by atoms with Crippen molar-refractivity contribution < 1.29 is 9.90 Å². The Labute approximate surface area is 97.6 Å². The Morgan fingerprint density at radius 2 is 1.75 bits per heavy atom. The molecule has 3 nitrogen and oxygen atoms in total. The molecule has 0 amide bonds. The first kappa shape index (κ1) is 11.9. The van der Waals surface area contributed by atoms with Crippen molar-refractivity contribution in [2.75, 3.05) is 6.54 Å². The fourth-order valence-electron chi connectivity index (χ4n) is 2.64. The Morgan fingerprint density at radius 3 is 2.06 bits per heavy atom. The number of hydrogen-bond acceptors (Lipinski definition) is 2. The Morgan fingerprint density at radius 1 is 1.25 bits per heavy atom. The summed E-state index contributed by atoms with van der Waals surface area (Å²) in [6, 6.07) is -0.375. The van der Waals surface area contributed by atoms with Crippen LogP contribution in [0, 0.1) is 23.7 Å². The minimum Gasteiger partial charge on any atom is -0.480 e. The lowest BCUT2D eigenvalue weighted by atomic mass is 9.96. The van der Waals surface area contributed by atoms with Gasteiger partial charge in [0.1, 0.15) is 6.04 Å². The summed E-state index contributed by atoms with van der Waals surface area (Å²) in [7, 11) is 0. The van der Waals surface area contributed by atoms with Crippen LogP contribution in [0.3, 0.4) is 0 Å². The van der Waals surface area contributed by atoms with Gasteiger partial charge >= 0.3 is 5.97 Å². The van der Waals surface area contributed by atoms with Crippen molar-refractivity contribution in [2.45, 2.75) is 45.6 Å². The van der Waals surface area contributed by atoms with Gasteiger partial charge in [0.15, 0.2) is 0 Å². The average Bonchev–Trinajstić information content (AvgIpc) is 3.01. The van der Waals surface area contributed by atoms with Crippen LogP contribution in [-0.2, 0) is 4.79 Å². The quantitative estimate of drug-likeness (QED) is 0.697. The zero-order chi connectivity index (χ0) is 11.7. The van der Waals surface area contributed by atoms with Gasteiger partial charge in [0, 0.05) is 0 Å². The van der Waals surface area contributed by atoms with Crippen LogP contribution in [0.15, 0.2) is 0 Å². The van der Waals surface area contributed by atoms with Gasteiger partial charge in [0.2, 0.25) is 0 Å². The lowest BCUT2D eigenvalue weighted by Crippen LogP contribution is -2.43. The number of nitrogens with one attached hydrogen (secondary N) is 1. The second-order valence-electron chi connectivity index (χ2n) is 5.81. The van der Waals surface area contributed by atoms with Gasteiger partial charge in [-0.15, -0.1) is 0 Å². The molecule has 1 atom stereocenters. The standard InChI is InChI=1S/C13H23NO2/c1-8(2)12(13(15)16)14-7-11(9-3-4-9)10-5-6-10/h8-12,14H,3-7H2,1-2H3,(H,15,16). The van der Waals surface area contributed by atoms with Crippen LogP contribution in [0.1, 0.15) is 39.5 Å². The van der Waals surface area contributed by atoms with Crippen molar-refractivity contribution in [3.05, 3.63) is 0 Å². The molecule has 0 bridgehead atoms. The van der Waals surface area contributed by atoms with E-state index in [2.05, 4.69) is 5.32 Å². The molecule has 2 aliphatic carbocycles. The van der Waals surface area contributed by atoms with Crippen LogP contribution in [0.4, 0.5) is 0 Å². The van der Waals surface area contributed by atoms with Gasteiger partial charge in [0.25, 0.3) is 0 Å². The van der Waals surface area contributed by atoms with Gasteiger partial charge in [0.05, 0.1) is 0 Å². The Hall–Kier alpha value is -0.570. The van der Waals surface area contributed by atoms with Crippen LogP contribution < -0.4 is 5.32 Å². The number of carboxylic acids is 1. The van der Waals surface area contributed by atoms with E-state index in [-0.39, 0.29) is 12.0 Å². The minimum atomic E-state index is -0.708. The summed E-state index contributed by atoms with van der Waals surface area (Å²) in [5.74, 6) is 1.99. The SMILES string of the molecule is CC(C)C(NCC(C1CC1)C1CC1)C(=O)O. The molecule has 92 valence electrons. The average molecular weight is 225 g/mol. The second kappa shape index (κ2) is 4.74. The molecule has 0 aromatic rings. The van der Waals surface area contributed by atoms with E-state index >= 15 is 0 Å². The van der Waals surface area contributed by atoms with Gasteiger partial charge in [-0.25, -0.2) is 0 Å². The topological polar surface area (TPSA) is 49.3 Å². The molecule has 2 rings (SSSR count). The molecule has 2 aliphatic rings. The monoisotopic (exact) mass is 225 g/mol. The first-order valence-corrected chi connectivity index (χ1v) is 6.55. The maximum Gasteiger partial charge on any atom is 0.320 e. The van der Waals surface area contributed by atoms with E-state index in [1.54, 1.807) is 0 Å². The van der Waals surface area contributed by atoms with Crippen LogP contribution in [0.5, 0.6) is 0 Å². The summed E-state index contributed by atoms with van der Waals surface area (Å²) in [4.78, 5) is 11.1. The third-order valence-corrected chi connectivity index (χ3v) is 3.96. The number of aliphatic carboxylic acids is 1. The fourth-order valence-corrected chi connectivity index (χ4v) is 2.64. The Bertz CT molecular complexity index is 245. The summed E-state index contributed by atoms with van der Waals surface area (Å²) < 4.78 is 0. The number of hydrogen-bond donors (Lipinski definition) is 2. The summed E-state index contributed by atoms with van der Waals surface area (Å²) >= 11 is 0. The Balaban J connectivity index is 1.81. The molecule has 2 fully saturated rings. The van der Waals surface area contributed by atoms with E-state index in [4.69, 9.17) is 5.11 Å². The van der Waals surface area contributed by atoms with E-state index in [1.807, 2.05) is 13.8 Å². The molecular weight excluding hydrogens is 202 g/mol. The highest BCUT2D eigenvalue weighted by Gasteiger charge is 2.41. The molecule has 0 aliphatic heterocycles. The lowest BCUT2D eigenvalue weighted by molar-refractivity contribution is -0.140. The predicted molar refractivity (Wildman–Crippen MR) is 63.2 cm³/mol. The highest BCUT2D eigenvalue weighted by molar-refractivity contribution is 5.73. The molecule has 0 saturated heterocycles.